The monoisotopic (exact) mass is 303 g/mol. The molecule has 1 aromatic heterocycles. The minimum absolute atomic E-state index is 0.187. The van der Waals surface area contributed by atoms with E-state index in [2.05, 4.69) is 22.2 Å². The van der Waals surface area contributed by atoms with Crippen LogP contribution in [0.15, 0.2) is 60.8 Å². The van der Waals surface area contributed by atoms with E-state index in [1.54, 1.807) is 12.3 Å². The van der Waals surface area contributed by atoms with Gasteiger partial charge in [-0.1, -0.05) is 31.2 Å². The van der Waals surface area contributed by atoms with E-state index < -0.39 is 0 Å². The maximum atomic E-state index is 12.0. The number of hydrogen-bond acceptors (Lipinski definition) is 3. The van der Waals surface area contributed by atoms with Crippen molar-refractivity contribution in [1.82, 2.24) is 9.97 Å². The molecule has 0 radical (unpaired) electrons. The van der Waals surface area contributed by atoms with E-state index in [0.717, 1.165) is 23.1 Å². The van der Waals surface area contributed by atoms with Gasteiger partial charge in [0.05, 0.1) is 22.9 Å². The Morgan fingerprint density at radius 3 is 2.78 bits per heavy atom. The van der Waals surface area contributed by atoms with Crippen LogP contribution in [0.5, 0.6) is 0 Å². The highest BCUT2D eigenvalue weighted by atomic mass is 16.1. The van der Waals surface area contributed by atoms with Gasteiger partial charge in [0.15, 0.2) is 0 Å². The lowest BCUT2D eigenvalue weighted by Crippen LogP contribution is -2.07. The van der Waals surface area contributed by atoms with Crippen LogP contribution in [0, 0.1) is 0 Å². The summed E-state index contributed by atoms with van der Waals surface area (Å²) in [5.41, 5.74) is 4.29. The van der Waals surface area contributed by atoms with Gasteiger partial charge in [-0.15, -0.1) is 0 Å². The normalized spacial score (nSPS) is 11.0. The standard InChI is InChI=1S/C19H17N3O/c1-2-14-6-5-7-15(12-14)22-19(23)11-10-16-13-20-17-8-3-4-9-18(17)21-16/h3-13H,2H2,1H3,(H,22,23)/b11-10+. The van der Waals surface area contributed by atoms with Gasteiger partial charge in [-0.3, -0.25) is 9.78 Å². The van der Waals surface area contributed by atoms with Crippen molar-refractivity contribution < 1.29 is 4.79 Å². The zero-order valence-electron chi connectivity index (χ0n) is 12.9. The van der Waals surface area contributed by atoms with Gasteiger partial charge in [0.2, 0.25) is 5.91 Å². The summed E-state index contributed by atoms with van der Waals surface area (Å²) in [6.07, 6.45) is 5.73. The number of nitrogens with zero attached hydrogens (tertiary/aromatic N) is 2. The number of aromatic nitrogens is 2. The van der Waals surface area contributed by atoms with E-state index in [-0.39, 0.29) is 5.91 Å². The molecule has 3 aromatic rings. The Kier molecular flexibility index (Phi) is 4.43. The molecule has 0 saturated carbocycles. The van der Waals surface area contributed by atoms with Gasteiger partial charge in [-0.25, -0.2) is 4.98 Å². The van der Waals surface area contributed by atoms with Crippen molar-refractivity contribution in [2.75, 3.05) is 5.32 Å². The number of para-hydroxylation sites is 2. The Morgan fingerprint density at radius 1 is 1.13 bits per heavy atom. The van der Waals surface area contributed by atoms with Crippen molar-refractivity contribution in [3.8, 4) is 0 Å². The van der Waals surface area contributed by atoms with E-state index in [1.165, 1.54) is 11.6 Å². The quantitative estimate of drug-likeness (QED) is 0.745. The van der Waals surface area contributed by atoms with E-state index in [0.29, 0.717) is 5.69 Å². The molecule has 4 heteroatoms. The van der Waals surface area contributed by atoms with Crippen LogP contribution in [-0.4, -0.2) is 15.9 Å². The first-order valence-corrected chi connectivity index (χ1v) is 7.54. The van der Waals surface area contributed by atoms with Crippen molar-refractivity contribution in [3.63, 3.8) is 0 Å². The van der Waals surface area contributed by atoms with E-state index >= 15 is 0 Å². The number of carbonyl (C=O) groups excluding carboxylic acids is 1. The second-order valence-corrected chi connectivity index (χ2v) is 5.16. The molecule has 1 N–H and O–H groups in total. The lowest BCUT2D eigenvalue weighted by Gasteiger charge is -2.04. The van der Waals surface area contributed by atoms with Gasteiger partial charge in [-0.2, -0.15) is 0 Å². The second kappa shape index (κ2) is 6.83. The van der Waals surface area contributed by atoms with E-state index in [4.69, 9.17) is 0 Å². The number of benzene rings is 2. The average Bonchev–Trinajstić information content (AvgIpc) is 2.60. The van der Waals surface area contributed by atoms with Crippen molar-refractivity contribution in [2.24, 2.45) is 0 Å². The molecule has 23 heavy (non-hydrogen) atoms. The third-order valence-electron chi connectivity index (χ3n) is 3.48. The highest BCUT2D eigenvalue weighted by molar-refractivity contribution is 6.01. The summed E-state index contributed by atoms with van der Waals surface area (Å²) in [6.45, 7) is 2.08. The third-order valence-corrected chi connectivity index (χ3v) is 3.48. The smallest absolute Gasteiger partial charge is 0.248 e. The number of fused-ring (bicyclic) bond motifs is 1. The molecule has 0 atom stereocenters. The lowest BCUT2D eigenvalue weighted by atomic mass is 10.1. The Labute approximate surface area is 134 Å². The summed E-state index contributed by atoms with van der Waals surface area (Å²) in [7, 11) is 0. The van der Waals surface area contributed by atoms with Crippen molar-refractivity contribution in [1.29, 1.82) is 0 Å². The molecule has 0 aliphatic heterocycles. The van der Waals surface area contributed by atoms with Gasteiger partial charge in [0.25, 0.3) is 0 Å². The van der Waals surface area contributed by atoms with Crippen LogP contribution < -0.4 is 5.32 Å². The molecule has 0 unspecified atom stereocenters. The molecule has 1 heterocycles. The molecule has 0 aliphatic rings. The van der Waals surface area contributed by atoms with Gasteiger partial charge < -0.3 is 5.32 Å². The maximum Gasteiger partial charge on any atom is 0.248 e. The molecule has 1 amide bonds. The first kappa shape index (κ1) is 14.9. The Bertz CT molecular complexity index is 871. The third kappa shape index (κ3) is 3.80. The van der Waals surface area contributed by atoms with Crippen LogP contribution in [0.2, 0.25) is 0 Å². The zero-order valence-corrected chi connectivity index (χ0v) is 12.9. The average molecular weight is 303 g/mol. The molecule has 114 valence electrons. The predicted octanol–water partition coefficient (Wildman–Crippen LogP) is 3.84. The van der Waals surface area contributed by atoms with Crippen LogP contribution in [0.3, 0.4) is 0 Å². The molecule has 0 saturated heterocycles. The first-order chi connectivity index (χ1) is 11.2. The molecule has 3 rings (SSSR count). The molecule has 2 aromatic carbocycles. The number of rotatable bonds is 4. The number of aryl methyl sites for hydroxylation is 1. The van der Waals surface area contributed by atoms with E-state index in [9.17, 15) is 4.79 Å². The zero-order chi connectivity index (χ0) is 16.1. The van der Waals surface area contributed by atoms with Crippen LogP contribution in [-0.2, 0) is 11.2 Å². The number of carbonyl (C=O) groups is 1. The Morgan fingerprint density at radius 2 is 1.96 bits per heavy atom. The van der Waals surface area contributed by atoms with E-state index in [1.807, 2.05) is 48.5 Å². The highest BCUT2D eigenvalue weighted by Crippen LogP contribution is 2.12. The molecule has 0 spiro atoms. The van der Waals surface area contributed by atoms with Crippen LogP contribution in [0.25, 0.3) is 17.1 Å². The number of amides is 1. The molecule has 0 bridgehead atoms. The summed E-state index contributed by atoms with van der Waals surface area (Å²) >= 11 is 0. The van der Waals surface area contributed by atoms with Crippen LogP contribution in [0.4, 0.5) is 5.69 Å². The van der Waals surface area contributed by atoms with Gasteiger partial charge in [0.1, 0.15) is 0 Å². The number of hydrogen-bond donors (Lipinski definition) is 1. The summed E-state index contributed by atoms with van der Waals surface area (Å²) < 4.78 is 0. The SMILES string of the molecule is CCc1cccc(NC(=O)/C=C/c2cnc3ccccc3n2)c1. The van der Waals surface area contributed by atoms with Gasteiger partial charge in [0, 0.05) is 11.8 Å². The summed E-state index contributed by atoms with van der Waals surface area (Å²) in [5.74, 6) is -0.187. The molecule has 0 fully saturated rings. The van der Waals surface area contributed by atoms with Crippen LogP contribution >= 0.6 is 0 Å². The van der Waals surface area contributed by atoms with Crippen molar-refractivity contribution in [3.05, 3.63) is 72.1 Å². The lowest BCUT2D eigenvalue weighted by molar-refractivity contribution is -0.111. The minimum atomic E-state index is -0.187. The predicted molar refractivity (Wildman–Crippen MR) is 93.0 cm³/mol. The van der Waals surface area contributed by atoms with Gasteiger partial charge in [-0.05, 0) is 42.3 Å². The fraction of sp³-hybridized carbons (Fsp3) is 0.105. The highest BCUT2D eigenvalue weighted by Gasteiger charge is 2.00. The van der Waals surface area contributed by atoms with Crippen LogP contribution in [0.1, 0.15) is 18.2 Å². The molecular weight excluding hydrogens is 286 g/mol. The van der Waals surface area contributed by atoms with Crippen molar-refractivity contribution >= 4 is 28.7 Å². The largest absolute Gasteiger partial charge is 0.323 e. The second-order valence-electron chi connectivity index (χ2n) is 5.16. The van der Waals surface area contributed by atoms with Crippen molar-refractivity contribution in [2.45, 2.75) is 13.3 Å². The first-order valence-electron chi connectivity index (χ1n) is 7.54. The Hall–Kier alpha value is -3.01. The number of nitrogens with one attached hydrogen (secondary N) is 1. The molecular formula is C19H17N3O. The fourth-order valence-corrected chi connectivity index (χ4v) is 2.27. The Balaban J connectivity index is 1.71. The molecule has 0 aliphatic carbocycles. The fourth-order valence-electron chi connectivity index (χ4n) is 2.27. The van der Waals surface area contributed by atoms with Gasteiger partial charge >= 0.3 is 0 Å². The number of anilines is 1. The minimum Gasteiger partial charge on any atom is -0.323 e. The molecule has 4 nitrogen and oxygen atoms in total. The topological polar surface area (TPSA) is 54.9 Å². The maximum absolute atomic E-state index is 12.0. The summed E-state index contributed by atoms with van der Waals surface area (Å²) in [6, 6.07) is 15.5. The summed E-state index contributed by atoms with van der Waals surface area (Å²) in [4.78, 5) is 20.8. The summed E-state index contributed by atoms with van der Waals surface area (Å²) in [5, 5.41) is 2.85.